The maximum absolute atomic E-state index is 13.0. The summed E-state index contributed by atoms with van der Waals surface area (Å²) in [5.41, 5.74) is 4.68. The van der Waals surface area contributed by atoms with Crippen molar-refractivity contribution >= 4 is 56.1 Å². The van der Waals surface area contributed by atoms with E-state index in [0.29, 0.717) is 45.6 Å². The number of nitrogens with zero attached hydrogens (tertiary/aromatic N) is 4. The second-order valence-electron chi connectivity index (χ2n) is 11.2. The average Bonchev–Trinajstić information content (AvgIpc) is 3.54. The minimum Gasteiger partial charge on any atom is -0.497 e. The van der Waals surface area contributed by atoms with Crippen LogP contribution in [0.3, 0.4) is 0 Å². The highest BCUT2D eigenvalue weighted by atomic mass is 32.2. The zero-order valence-corrected chi connectivity index (χ0v) is 29.0. The number of hydrogen-bond donors (Lipinski definition) is 2. The number of amides is 1. The van der Waals surface area contributed by atoms with E-state index in [1.807, 2.05) is 59.2 Å². The van der Waals surface area contributed by atoms with Gasteiger partial charge in [0.25, 0.3) is 0 Å². The number of primary sulfonamides is 1. The summed E-state index contributed by atoms with van der Waals surface area (Å²) in [6.45, 7) is 4.28. The Morgan fingerprint density at radius 1 is 0.961 bits per heavy atom. The number of fused-ring (bicyclic) bond motifs is 1. The van der Waals surface area contributed by atoms with Crippen molar-refractivity contribution < 1.29 is 22.7 Å². The zero-order chi connectivity index (χ0) is 36.0. The number of para-hydroxylation sites is 1. The third-order valence-electron chi connectivity index (χ3n) is 7.79. The van der Waals surface area contributed by atoms with Gasteiger partial charge in [-0.05, 0) is 72.3 Å². The molecule has 6 aromatic rings. The van der Waals surface area contributed by atoms with E-state index >= 15 is 0 Å². The first-order valence-electron chi connectivity index (χ1n) is 15.6. The van der Waals surface area contributed by atoms with E-state index in [-0.39, 0.29) is 22.3 Å². The number of nitrogens with one attached hydrogen (secondary N) is 1. The number of nitrogens with two attached hydrogens (primary N) is 1. The number of methoxy groups -OCH3 is 1. The van der Waals surface area contributed by atoms with Crippen molar-refractivity contribution in [3.8, 4) is 28.4 Å². The van der Waals surface area contributed by atoms with Gasteiger partial charge in [0, 0.05) is 34.3 Å². The molecule has 0 aliphatic rings. The van der Waals surface area contributed by atoms with E-state index in [2.05, 4.69) is 22.1 Å². The highest BCUT2D eigenvalue weighted by Crippen LogP contribution is 2.33. The molecule has 0 aliphatic carbocycles. The molecule has 256 valence electrons. The van der Waals surface area contributed by atoms with Crippen LogP contribution in [0.25, 0.3) is 39.6 Å². The summed E-state index contributed by atoms with van der Waals surface area (Å²) in [5.74, 6) is 0.930. The third-order valence-corrected chi connectivity index (χ3v) is 9.69. The Morgan fingerprint density at radius 2 is 1.69 bits per heavy atom. The van der Waals surface area contributed by atoms with Crippen LogP contribution in [0.1, 0.15) is 15.9 Å². The van der Waals surface area contributed by atoms with E-state index in [4.69, 9.17) is 14.9 Å². The summed E-state index contributed by atoms with van der Waals surface area (Å²) in [6, 6.07) is 29.8. The van der Waals surface area contributed by atoms with Crippen LogP contribution >= 0.6 is 11.8 Å². The molecule has 0 saturated heterocycles. The molecule has 11 nitrogen and oxygen atoms in total. The van der Waals surface area contributed by atoms with Gasteiger partial charge < -0.3 is 10.1 Å². The minimum atomic E-state index is -3.84. The van der Waals surface area contributed by atoms with Crippen molar-refractivity contribution in [1.29, 1.82) is 0 Å². The third kappa shape index (κ3) is 8.29. The number of carbonyl (C=O) groups is 2. The normalized spacial score (nSPS) is 11.5. The Labute approximate surface area is 299 Å². The van der Waals surface area contributed by atoms with Crippen molar-refractivity contribution in [2.75, 3.05) is 18.2 Å². The summed E-state index contributed by atoms with van der Waals surface area (Å²) in [7, 11) is -2.25. The van der Waals surface area contributed by atoms with Crippen LogP contribution in [0.5, 0.6) is 5.75 Å². The maximum Gasteiger partial charge on any atom is 0.238 e. The lowest BCUT2D eigenvalue weighted by Gasteiger charge is -2.12. The molecule has 0 bridgehead atoms. The van der Waals surface area contributed by atoms with Crippen molar-refractivity contribution in [2.24, 2.45) is 5.14 Å². The molecule has 2 heterocycles. The van der Waals surface area contributed by atoms with Gasteiger partial charge in [-0.1, -0.05) is 66.4 Å². The molecule has 51 heavy (non-hydrogen) atoms. The molecule has 0 radical (unpaired) electrons. The van der Waals surface area contributed by atoms with Crippen molar-refractivity contribution in [3.05, 3.63) is 133 Å². The number of anilines is 1. The Balaban J connectivity index is 1.16. The van der Waals surface area contributed by atoms with Gasteiger partial charge >= 0.3 is 0 Å². The lowest BCUT2D eigenvalue weighted by Crippen LogP contribution is -2.14. The number of ketones is 1. The molecule has 0 aliphatic heterocycles. The molecule has 0 saturated carbocycles. The molecular weight excluding hydrogens is 685 g/mol. The quantitative estimate of drug-likeness (QED) is 0.0579. The highest BCUT2D eigenvalue weighted by Gasteiger charge is 2.19. The topological polar surface area (TPSA) is 159 Å². The van der Waals surface area contributed by atoms with Gasteiger partial charge in [-0.25, -0.2) is 18.5 Å². The second-order valence-corrected chi connectivity index (χ2v) is 13.7. The lowest BCUT2D eigenvalue weighted by molar-refractivity contribution is -0.113. The van der Waals surface area contributed by atoms with Crippen LogP contribution in [-0.4, -0.2) is 52.7 Å². The number of hydrogen-bond acceptors (Lipinski definition) is 9. The van der Waals surface area contributed by atoms with Gasteiger partial charge in [0.15, 0.2) is 16.8 Å². The van der Waals surface area contributed by atoms with E-state index in [1.54, 1.807) is 55.7 Å². The van der Waals surface area contributed by atoms with Gasteiger partial charge in [0.05, 0.1) is 29.0 Å². The Bertz CT molecular complexity index is 2370. The molecular formula is C38H32N6O5S2. The maximum atomic E-state index is 13.0. The van der Waals surface area contributed by atoms with Crippen molar-refractivity contribution in [2.45, 2.75) is 16.6 Å². The number of rotatable bonds is 13. The highest BCUT2D eigenvalue weighted by molar-refractivity contribution is 7.99. The Morgan fingerprint density at radius 3 is 2.37 bits per heavy atom. The van der Waals surface area contributed by atoms with Crippen LogP contribution in [0.2, 0.25) is 0 Å². The van der Waals surface area contributed by atoms with Crippen LogP contribution in [0.4, 0.5) is 5.69 Å². The monoisotopic (exact) mass is 716 g/mol. The molecule has 4 aromatic carbocycles. The van der Waals surface area contributed by atoms with E-state index in [9.17, 15) is 18.0 Å². The Kier molecular flexibility index (Phi) is 10.5. The smallest absolute Gasteiger partial charge is 0.238 e. The number of benzene rings is 4. The van der Waals surface area contributed by atoms with Crippen LogP contribution in [-0.2, 0) is 21.4 Å². The van der Waals surface area contributed by atoms with Crippen molar-refractivity contribution in [1.82, 2.24) is 19.7 Å². The van der Waals surface area contributed by atoms with Crippen LogP contribution < -0.4 is 15.2 Å². The van der Waals surface area contributed by atoms with E-state index in [0.717, 1.165) is 22.3 Å². The number of carbonyl (C=O) groups excluding carboxylic acids is 2. The van der Waals surface area contributed by atoms with Crippen LogP contribution in [0.15, 0.2) is 132 Å². The first-order chi connectivity index (χ1) is 24.6. The summed E-state index contributed by atoms with van der Waals surface area (Å²) in [4.78, 5) is 30.5. The van der Waals surface area contributed by atoms with Gasteiger partial charge in [-0.15, -0.1) is 16.8 Å². The van der Waals surface area contributed by atoms with Gasteiger partial charge in [0.2, 0.25) is 15.9 Å². The number of thioether (sulfide) groups is 1. The van der Waals surface area contributed by atoms with Crippen molar-refractivity contribution in [3.63, 3.8) is 0 Å². The first-order valence-corrected chi connectivity index (χ1v) is 18.1. The summed E-state index contributed by atoms with van der Waals surface area (Å²) >= 11 is 1.23. The lowest BCUT2D eigenvalue weighted by atomic mass is 10.0. The molecule has 0 spiro atoms. The molecule has 1 amide bonds. The second kappa shape index (κ2) is 15.3. The predicted molar refractivity (Wildman–Crippen MR) is 200 cm³/mol. The van der Waals surface area contributed by atoms with Gasteiger partial charge in [0.1, 0.15) is 5.75 Å². The first kappa shape index (κ1) is 35.0. The van der Waals surface area contributed by atoms with Gasteiger partial charge in [-0.2, -0.15) is 0 Å². The predicted octanol–water partition coefficient (Wildman–Crippen LogP) is 6.63. The number of sulfonamides is 1. The zero-order valence-electron chi connectivity index (χ0n) is 27.4. The fraction of sp³-hybridized carbons (Fsp3) is 0.0789. The summed E-state index contributed by atoms with van der Waals surface area (Å²) < 4.78 is 30.6. The number of aromatic nitrogens is 4. The molecule has 13 heteroatoms. The molecule has 0 atom stereocenters. The van der Waals surface area contributed by atoms with E-state index in [1.165, 1.54) is 30.0 Å². The Hall–Kier alpha value is -5.89. The molecule has 0 unspecified atom stereocenters. The molecule has 6 rings (SSSR count). The molecule has 0 fully saturated rings. The average molecular weight is 717 g/mol. The minimum absolute atomic E-state index is 0.00455. The number of ether oxygens (including phenoxy) is 1. The SMILES string of the molecule is C=CCn1c(SCC(=O)Nc2ccc(C(=O)/C=C/c3ccc(OC)cc3)cc2)nnc1-c1cc(-c2ccc(S(N)(=O)=O)cc2)nc2ccccc12. The van der Waals surface area contributed by atoms with E-state index < -0.39 is 10.0 Å². The fourth-order valence-electron chi connectivity index (χ4n) is 5.24. The largest absolute Gasteiger partial charge is 0.497 e. The standard InChI is InChI=1S/C38H32N6O5S2/c1-3-22-44-37(32-23-34(41-33-7-5-4-6-31(32)33)26-13-19-30(20-14-26)51(39,47)48)42-43-38(44)50-24-36(46)40-28-15-11-27(12-16-28)35(45)21-10-25-8-17-29(49-2)18-9-25/h3-21,23H,1,22,24H2,2H3,(H,40,46)(H2,39,47,48)/b21-10+. The number of pyridine rings is 1. The van der Waals surface area contributed by atoms with Gasteiger partial charge in [-0.3, -0.25) is 14.2 Å². The number of allylic oxidation sites excluding steroid dienone is 2. The summed E-state index contributed by atoms with van der Waals surface area (Å²) in [6.07, 6.45) is 4.96. The van der Waals surface area contributed by atoms with Crippen LogP contribution in [0, 0.1) is 0 Å². The molecule has 2 aromatic heterocycles. The fourth-order valence-corrected chi connectivity index (χ4v) is 6.50. The summed E-state index contributed by atoms with van der Waals surface area (Å²) in [5, 5.41) is 18.4. The molecule has 3 N–H and O–H groups in total.